The lowest BCUT2D eigenvalue weighted by Crippen LogP contribution is -2.45. The lowest BCUT2D eigenvalue weighted by atomic mass is 10.0. The fourth-order valence-electron chi connectivity index (χ4n) is 2.16. The van der Waals surface area contributed by atoms with Crippen LogP contribution in [0.2, 0.25) is 0 Å². The minimum Gasteiger partial charge on any atom is -0.365 e. The van der Waals surface area contributed by atoms with Gasteiger partial charge in [-0.3, -0.25) is 14.6 Å². The number of rotatable bonds is 5. The summed E-state index contributed by atoms with van der Waals surface area (Å²) in [5.74, 6) is 0.315. The number of hydrogen-bond acceptors (Lipinski definition) is 5. The number of hydrogen-bond donors (Lipinski definition) is 3. The van der Waals surface area contributed by atoms with Gasteiger partial charge in [0, 0.05) is 31.5 Å². The van der Waals surface area contributed by atoms with Gasteiger partial charge in [-0.15, -0.1) is 0 Å². The van der Waals surface area contributed by atoms with Crippen molar-refractivity contribution < 1.29 is 9.53 Å². The quantitative estimate of drug-likeness (QED) is 0.668. The Kier molecular flexibility index (Phi) is 4.39. The average molecular weight is 280 g/mol. The van der Waals surface area contributed by atoms with Crippen LogP contribution in [0.4, 0.5) is 5.95 Å². The van der Waals surface area contributed by atoms with Crippen LogP contribution in [0.15, 0.2) is 10.9 Å². The molecule has 1 aliphatic heterocycles. The molecule has 0 radical (unpaired) electrons. The molecule has 0 saturated carbocycles. The van der Waals surface area contributed by atoms with Gasteiger partial charge in [0.25, 0.3) is 11.5 Å². The second-order valence-electron chi connectivity index (χ2n) is 5.10. The van der Waals surface area contributed by atoms with Gasteiger partial charge in [0.05, 0.1) is 0 Å². The van der Waals surface area contributed by atoms with Gasteiger partial charge in [0.1, 0.15) is 5.60 Å². The Hall–Kier alpha value is -1.89. The molecule has 7 heteroatoms. The summed E-state index contributed by atoms with van der Waals surface area (Å²) in [6.45, 7) is 5.11. The van der Waals surface area contributed by atoms with Crippen molar-refractivity contribution in [1.29, 1.82) is 0 Å². The molecule has 1 saturated heterocycles. The SMILES string of the molecule is Cc1cc(=O)[nH]c(NCCNC(=O)C2(C)CCCO2)n1. The predicted molar refractivity (Wildman–Crippen MR) is 74.7 cm³/mol. The lowest BCUT2D eigenvalue weighted by molar-refractivity contribution is -0.139. The number of aromatic nitrogens is 2. The summed E-state index contributed by atoms with van der Waals surface area (Å²) < 4.78 is 5.46. The topological polar surface area (TPSA) is 96.1 Å². The third-order valence-corrected chi connectivity index (χ3v) is 3.27. The zero-order valence-electron chi connectivity index (χ0n) is 11.8. The Morgan fingerprint density at radius 1 is 1.55 bits per heavy atom. The highest BCUT2D eigenvalue weighted by molar-refractivity contribution is 5.85. The normalized spacial score (nSPS) is 21.7. The summed E-state index contributed by atoms with van der Waals surface area (Å²) in [6, 6.07) is 1.42. The summed E-state index contributed by atoms with van der Waals surface area (Å²) in [5.41, 5.74) is -0.251. The van der Waals surface area contributed by atoms with Crippen LogP contribution in [0, 0.1) is 6.92 Å². The fraction of sp³-hybridized carbons (Fsp3) is 0.615. The predicted octanol–water partition coefficient (Wildman–Crippen LogP) is 0.176. The highest BCUT2D eigenvalue weighted by Gasteiger charge is 2.37. The van der Waals surface area contributed by atoms with Gasteiger partial charge in [-0.05, 0) is 26.7 Å². The Morgan fingerprint density at radius 3 is 3.00 bits per heavy atom. The lowest BCUT2D eigenvalue weighted by Gasteiger charge is -2.21. The number of carbonyl (C=O) groups is 1. The summed E-state index contributed by atoms with van der Waals surface area (Å²) >= 11 is 0. The molecule has 2 rings (SSSR count). The van der Waals surface area contributed by atoms with Gasteiger partial charge in [-0.1, -0.05) is 0 Å². The van der Waals surface area contributed by atoms with E-state index in [0.717, 1.165) is 12.8 Å². The van der Waals surface area contributed by atoms with Crippen molar-refractivity contribution in [1.82, 2.24) is 15.3 Å². The van der Waals surface area contributed by atoms with Crippen molar-refractivity contribution in [2.45, 2.75) is 32.3 Å². The molecule has 1 amide bonds. The van der Waals surface area contributed by atoms with E-state index in [0.29, 0.717) is 31.3 Å². The second-order valence-corrected chi connectivity index (χ2v) is 5.10. The third kappa shape index (κ3) is 3.57. The number of nitrogens with one attached hydrogen (secondary N) is 3. The van der Waals surface area contributed by atoms with Gasteiger partial charge in [-0.2, -0.15) is 0 Å². The van der Waals surface area contributed by atoms with Crippen molar-refractivity contribution in [3.63, 3.8) is 0 Å². The maximum atomic E-state index is 11.9. The molecule has 1 aromatic rings. The molecule has 1 fully saturated rings. The molecule has 110 valence electrons. The fourth-order valence-corrected chi connectivity index (χ4v) is 2.16. The van der Waals surface area contributed by atoms with Gasteiger partial charge in [-0.25, -0.2) is 4.98 Å². The standard InChI is InChI=1S/C13H20N4O3/c1-9-8-10(18)17-12(16-9)15-6-5-14-11(19)13(2)4-3-7-20-13/h8H,3-7H2,1-2H3,(H,14,19)(H2,15,16,17,18). The Balaban J connectivity index is 1.76. The van der Waals surface area contributed by atoms with Crippen LogP contribution in [0.5, 0.6) is 0 Å². The van der Waals surface area contributed by atoms with E-state index < -0.39 is 5.60 Å². The van der Waals surface area contributed by atoms with E-state index in [9.17, 15) is 9.59 Å². The van der Waals surface area contributed by atoms with Crippen molar-refractivity contribution in [2.75, 3.05) is 25.0 Å². The first-order valence-electron chi connectivity index (χ1n) is 6.74. The van der Waals surface area contributed by atoms with Crippen molar-refractivity contribution in [2.24, 2.45) is 0 Å². The largest absolute Gasteiger partial charge is 0.365 e. The zero-order valence-corrected chi connectivity index (χ0v) is 11.8. The van der Waals surface area contributed by atoms with E-state index in [-0.39, 0.29) is 11.5 Å². The molecule has 3 N–H and O–H groups in total. The van der Waals surface area contributed by atoms with E-state index in [4.69, 9.17) is 4.74 Å². The van der Waals surface area contributed by atoms with Crippen molar-refractivity contribution >= 4 is 11.9 Å². The van der Waals surface area contributed by atoms with E-state index >= 15 is 0 Å². The first-order valence-corrected chi connectivity index (χ1v) is 6.74. The molecule has 20 heavy (non-hydrogen) atoms. The van der Waals surface area contributed by atoms with Crippen LogP contribution in [0.25, 0.3) is 0 Å². The molecular formula is C13H20N4O3. The molecule has 2 heterocycles. The first-order chi connectivity index (χ1) is 9.49. The molecule has 0 aliphatic carbocycles. The van der Waals surface area contributed by atoms with E-state index in [1.807, 2.05) is 6.92 Å². The number of aryl methyl sites for hydroxylation is 1. The molecule has 1 aliphatic rings. The van der Waals surface area contributed by atoms with E-state index in [2.05, 4.69) is 20.6 Å². The minimum absolute atomic E-state index is 0.0949. The Labute approximate surface area is 117 Å². The second kappa shape index (κ2) is 6.04. The molecule has 0 bridgehead atoms. The van der Waals surface area contributed by atoms with Gasteiger partial charge < -0.3 is 15.4 Å². The molecule has 0 spiro atoms. The molecule has 7 nitrogen and oxygen atoms in total. The van der Waals surface area contributed by atoms with Crippen molar-refractivity contribution in [3.8, 4) is 0 Å². The van der Waals surface area contributed by atoms with Crippen LogP contribution in [0.1, 0.15) is 25.5 Å². The number of H-pyrrole nitrogens is 1. The Bertz CT molecular complexity index is 535. The summed E-state index contributed by atoms with van der Waals surface area (Å²) in [5, 5.41) is 5.78. The molecule has 1 aromatic heterocycles. The van der Waals surface area contributed by atoms with Gasteiger partial charge >= 0.3 is 0 Å². The van der Waals surface area contributed by atoms with Crippen LogP contribution >= 0.6 is 0 Å². The Morgan fingerprint density at radius 2 is 2.35 bits per heavy atom. The first kappa shape index (κ1) is 14.5. The number of carbonyl (C=O) groups excluding carboxylic acids is 1. The van der Waals surface area contributed by atoms with E-state index in [1.165, 1.54) is 6.07 Å². The summed E-state index contributed by atoms with van der Waals surface area (Å²) in [7, 11) is 0. The van der Waals surface area contributed by atoms with Gasteiger partial charge in [0.2, 0.25) is 5.95 Å². The number of amides is 1. The maximum Gasteiger partial charge on any atom is 0.252 e. The highest BCUT2D eigenvalue weighted by atomic mass is 16.5. The van der Waals surface area contributed by atoms with Gasteiger partial charge in [0.15, 0.2) is 0 Å². The smallest absolute Gasteiger partial charge is 0.252 e. The maximum absolute atomic E-state index is 11.9. The van der Waals surface area contributed by atoms with Crippen LogP contribution in [0.3, 0.4) is 0 Å². The van der Waals surface area contributed by atoms with E-state index in [1.54, 1.807) is 6.92 Å². The molecule has 1 atom stereocenters. The van der Waals surface area contributed by atoms with Crippen LogP contribution in [-0.4, -0.2) is 41.2 Å². The number of aromatic amines is 1. The molecule has 0 aromatic carbocycles. The van der Waals surface area contributed by atoms with Crippen LogP contribution in [-0.2, 0) is 9.53 Å². The average Bonchev–Trinajstić information content (AvgIpc) is 2.81. The zero-order chi connectivity index (χ0) is 14.6. The summed E-state index contributed by atoms with van der Waals surface area (Å²) in [4.78, 5) is 29.9. The highest BCUT2D eigenvalue weighted by Crippen LogP contribution is 2.24. The third-order valence-electron chi connectivity index (χ3n) is 3.27. The number of anilines is 1. The van der Waals surface area contributed by atoms with Crippen LogP contribution < -0.4 is 16.2 Å². The van der Waals surface area contributed by atoms with Crippen molar-refractivity contribution in [3.05, 3.63) is 22.1 Å². The number of nitrogens with zero attached hydrogens (tertiary/aromatic N) is 1. The molecular weight excluding hydrogens is 260 g/mol. The summed E-state index contributed by atoms with van der Waals surface area (Å²) in [6.07, 6.45) is 1.66. The molecule has 1 unspecified atom stereocenters. The number of ether oxygens (including phenoxy) is 1. The monoisotopic (exact) mass is 280 g/mol. The minimum atomic E-state index is -0.699.